The van der Waals surface area contributed by atoms with Crippen LogP contribution < -0.4 is 31.9 Å². The summed E-state index contributed by atoms with van der Waals surface area (Å²) < 4.78 is 5.53. The van der Waals surface area contributed by atoms with E-state index in [1.54, 1.807) is 29.4 Å². The molecule has 0 radical (unpaired) electrons. The monoisotopic (exact) mass is 967 g/mol. The molecular formula is C46H57Cl4N11O4. The molecule has 15 nitrogen and oxygen atoms in total. The van der Waals surface area contributed by atoms with Gasteiger partial charge < -0.3 is 51.3 Å². The number of piperazine rings is 3. The van der Waals surface area contributed by atoms with Crippen molar-refractivity contribution in [3.05, 3.63) is 104 Å². The van der Waals surface area contributed by atoms with Crippen molar-refractivity contribution in [3.63, 3.8) is 0 Å². The van der Waals surface area contributed by atoms with Crippen LogP contribution in [0.3, 0.4) is 0 Å². The minimum atomic E-state index is -0.576. The number of aromatic nitrogens is 2. The van der Waals surface area contributed by atoms with Gasteiger partial charge in [0.1, 0.15) is 5.60 Å². The highest BCUT2D eigenvalue weighted by molar-refractivity contribution is 6.31. The number of benzene rings is 2. The van der Waals surface area contributed by atoms with Crippen molar-refractivity contribution in [2.75, 3.05) is 93.3 Å². The Morgan fingerprint density at radius 3 is 1.63 bits per heavy atom. The molecule has 4 saturated heterocycles. The number of pyridine rings is 2. The first-order valence-electron chi connectivity index (χ1n) is 21.9. The Bertz CT molecular complexity index is 2300. The Balaban J connectivity index is 0.000000198. The lowest BCUT2D eigenvalue weighted by Gasteiger charge is -2.44. The molecule has 0 saturated carbocycles. The predicted octanol–water partition coefficient (Wildman–Crippen LogP) is 6.93. The average Bonchev–Trinajstić information content (AvgIpc) is 3.29. The summed E-state index contributed by atoms with van der Waals surface area (Å²) in [7, 11) is 0. The van der Waals surface area contributed by atoms with Crippen LogP contribution in [-0.2, 0) is 14.3 Å². The van der Waals surface area contributed by atoms with Crippen LogP contribution >= 0.6 is 46.4 Å². The summed E-state index contributed by atoms with van der Waals surface area (Å²) in [5.74, 6) is 1.23. The second-order valence-corrected chi connectivity index (χ2v) is 19.4. The number of likely N-dealkylation sites (tertiary alicyclic amines) is 1. The number of hydrogen-bond donors (Lipinski definition) is 4. The van der Waals surface area contributed by atoms with E-state index in [4.69, 9.17) is 62.6 Å². The fraction of sp³-hybridized carbons (Fsp3) is 0.457. The van der Waals surface area contributed by atoms with Gasteiger partial charge in [0.15, 0.2) is 11.6 Å². The van der Waals surface area contributed by atoms with Gasteiger partial charge in [-0.05, 0) is 81.1 Å². The van der Waals surface area contributed by atoms with Crippen LogP contribution in [0, 0.1) is 5.92 Å². The Hall–Kier alpha value is -4.77. The number of nitrogen functional groups attached to an aromatic ring is 2. The van der Waals surface area contributed by atoms with E-state index in [9.17, 15) is 14.4 Å². The first-order valence-corrected chi connectivity index (χ1v) is 23.4. The second-order valence-electron chi connectivity index (χ2n) is 17.7. The van der Waals surface area contributed by atoms with Gasteiger partial charge in [0, 0.05) is 94.4 Å². The Morgan fingerprint density at radius 1 is 0.662 bits per heavy atom. The average molecular weight is 970 g/mol. The number of anilines is 4. The molecule has 6 N–H and O–H groups in total. The van der Waals surface area contributed by atoms with E-state index in [0.717, 1.165) is 37.1 Å². The maximum atomic E-state index is 13.6. The minimum Gasteiger partial charge on any atom is -0.444 e. The summed E-state index contributed by atoms with van der Waals surface area (Å²) in [6.45, 7) is 12.1. The third-order valence-electron chi connectivity index (χ3n) is 11.9. The van der Waals surface area contributed by atoms with Crippen molar-refractivity contribution in [1.82, 2.24) is 35.3 Å². The Labute approximate surface area is 400 Å². The van der Waals surface area contributed by atoms with Gasteiger partial charge in [0.2, 0.25) is 11.8 Å². The first-order chi connectivity index (χ1) is 31.0. The highest BCUT2D eigenvalue weighted by atomic mass is 35.5. The van der Waals surface area contributed by atoms with E-state index in [2.05, 4.69) is 30.4 Å². The lowest BCUT2D eigenvalue weighted by molar-refractivity contribution is -0.138. The number of halogens is 4. The molecule has 2 aromatic carbocycles. The smallest absolute Gasteiger partial charge is 0.410 e. The van der Waals surface area contributed by atoms with Gasteiger partial charge in [-0.3, -0.25) is 9.59 Å². The van der Waals surface area contributed by atoms with Crippen molar-refractivity contribution >= 4 is 87.3 Å². The van der Waals surface area contributed by atoms with Crippen LogP contribution in [0.2, 0.25) is 20.1 Å². The Kier molecular flexibility index (Phi) is 15.7. The minimum absolute atomic E-state index is 0.0545. The zero-order chi connectivity index (χ0) is 46.4. The van der Waals surface area contributed by atoms with Crippen LogP contribution in [-0.4, -0.2) is 126 Å². The van der Waals surface area contributed by atoms with E-state index in [1.807, 2.05) is 79.1 Å². The third kappa shape index (κ3) is 12.2. The number of amides is 3. The summed E-state index contributed by atoms with van der Waals surface area (Å²) in [6, 6.07) is 18.3. The molecule has 6 heterocycles. The number of ether oxygens (including phenoxy) is 1. The topological polar surface area (TPSA) is 179 Å². The van der Waals surface area contributed by atoms with Gasteiger partial charge in [-0.15, -0.1) is 0 Å². The lowest BCUT2D eigenvalue weighted by atomic mass is 9.95. The van der Waals surface area contributed by atoms with Gasteiger partial charge in [-0.2, -0.15) is 0 Å². The standard InChI is InChI=1S/C26H33Cl2N5O3.C20H24Cl2N6O/c1-26(2,3)36-25(35)32-10-4-5-18(15-32)24(34)31-11-12-33(23-21(29)13-20(28)14-30-23)22(16-31)17-6-8-19(27)9-7-17;21-14-3-1-13(2-4-14)18-12-27(20(29)17-11-24-5-6-25-17)7-8-28(18)19-16(23)9-15(22)10-26-19/h6-9,13-14,18,22H,4-5,10-12,15-16,29H2,1-3H3;1-4,9-10,17-18,24-25H,5-8,11-12,23H2. The SMILES string of the molecule is CC(C)(C)OC(=O)N1CCCC(C(=O)N2CCN(c3ncc(Cl)cc3N)C(c3ccc(Cl)cc3)C2)C1.Nc1cc(Cl)cnc1N1CCN(C(=O)C2CNCCN2)CC1c1ccc(Cl)cc1. The first kappa shape index (κ1) is 48.2. The molecule has 4 aliphatic heterocycles. The molecule has 2 aromatic heterocycles. The number of piperidine rings is 1. The van der Waals surface area contributed by atoms with Crippen molar-refractivity contribution in [2.45, 2.75) is 57.3 Å². The highest BCUT2D eigenvalue weighted by Gasteiger charge is 2.39. The summed E-state index contributed by atoms with van der Waals surface area (Å²) in [5, 5.41) is 8.87. The van der Waals surface area contributed by atoms with E-state index in [1.165, 1.54) is 0 Å². The van der Waals surface area contributed by atoms with E-state index in [0.29, 0.717) is 102 Å². The molecule has 3 amide bonds. The van der Waals surface area contributed by atoms with Crippen LogP contribution in [0.4, 0.5) is 27.8 Å². The maximum Gasteiger partial charge on any atom is 0.410 e. The fourth-order valence-electron chi connectivity index (χ4n) is 8.77. The molecule has 0 spiro atoms. The largest absolute Gasteiger partial charge is 0.444 e. The number of rotatable bonds is 6. The zero-order valence-electron chi connectivity index (χ0n) is 36.9. The maximum absolute atomic E-state index is 13.6. The molecule has 4 unspecified atom stereocenters. The summed E-state index contributed by atoms with van der Waals surface area (Å²) in [6.07, 6.45) is 4.32. The van der Waals surface area contributed by atoms with Crippen molar-refractivity contribution < 1.29 is 19.1 Å². The Morgan fingerprint density at radius 2 is 1.17 bits per heavy atom. The van der Waals surface area contributed by atoms with Crippen molar-refractivity contribution in [1.29, 1.82) is 0 Å². The predicted molar refractivity (Wildman–Crippen MR) is 259 cm³/mol. The van der Waals surface area contributed by atoms with Crippen LogP contribution in [0.1, 0.15) is 56.8 Å². The van der Waals surface area contributed by atoms with Crippen molar-refractivity contribution in [2.24, 2.45) is 5.92 Å². The summed E-state index contributed by atoms with van der Waals surface area (Å²) >= 11 is 24.3. The third-order valence-corrected chi connectivity index (χ3v) is 12.8. The number of nitrogens with two attached hydrogens (primary N) is 2. The van der Waals surface area contributed by atoms with Crippen molar-refractivity contribution in [3.8, 4) is 0 Å². The fourth-order valence-corrected chi connectivity index (χ4v) is 9.35. The number of carbonyl (C=O) groups is 3. The second kappa shape index (κ2) is 21.2. The summed E-state index contributed by atoms with van der Waals surface area (Å²) in [5.41, 5.74) is 15.0. The molecule has 65 heavy (non-hydrogen) atoms. The molecule has 4 atom stereocenters. The van der Waals surface area contributed by atoms with E-state index >= 15 is 0 Å². The lowest BCUT2D eigenvalue weighted by Crippen LogP contribution is -2.60. The molecule has 4 aliphatic rings. The molecular weight excluding hydrogens is 912 g/mol. The number of carbonyl (C=O) groups excluding carboxylic acids is 3. The van der Waals surface area contributed by atoms with E-state index < -0.39 is 5.60 Å². The summed E-state index contributed by atoms with van der Waals surface area (Å²) in [4.78, 5) is 58.0. The number of nitrogens with zero attached hydrogens (tertiary/aromatic N) is 7. The zero-order valence-corrected chi connectivity index (χ0v) is 39.9. The molecule has 4 fully saturated rings. The van der Waals surface area contributed by atoms with E-state index in [-0.39, 0.29) is 42.0 Å². The van der Waals surface area contributed by atoms with Crippen LogP contribution in [0.5, 0.6) is 0 Å². The van der Waals surface area contributed by atoms with Gasteiger partial charge in [0.25, 0.3) is 0 Å². The number of hydrogen-bond acceptors (Lipinski definition) is 12. The molecule has 0 aliphatic carbocycles. The molecule has 348 valence electrons. The molecule has 8 rings (SSSR count). The molecule has 19 heteroatoms. The number of nitrogens with one attached hydrogen (secondary N) is 2. The van der Waals surface area contributed by atoms with Gasteiger partial charge in [-0.25, -0.2) is 14.8 Å². The quantitative estimate of drug-likeness (QED) is 0.157. The van der Waals surface area contributed by atoms with Crippen LogP contribution in [0.25, 0.3) is 0 Å². The van der Waals surface area contributed by atoms with Gasteiger partial charge in [-0.1, -0.05) is 70.7 Å². The molecule has 0 bridgehead atoms. The van der Waals surface area contributed by atoms with Crippen LogP contribution in [0.15, 0.2) is 73.1 Å². The van der Waals surface area contributed by atoms with Gasteiger partial charge >= 0.3 is 6.09 Å². The van der Waals surface area contributed by atoms with Gasteiger partial charge in [0.05, 0.1) is 45.5 Å². The molecule has 4 aromatic rings. The normalized spacial score (nSPS) is 21.6. The highest BCUT2D eigenvalue weighted by Crippen LogP contribution is 2.37.